The van der Waals surface area contributed by atoms with E-state index in [4.69, 9.17) is 4.42 Å². The first-order chi connectivity index (χ1) is 13.5. The number of nitrogens with zero attached hydrogens (tertiary/aromatic N) is 1. The second kappa shape index (κ2) is 6.93. The summed E-state index contributed by atoms with van der Waals surface area (Å²) in [5, 5.41) is 3.42. The first-order valence-electron chi connectivity index (χ1n) is 11.1. The third kappa shape index (κ3) is 3.17. The van der Waals surface area contributed by atoms with Crippen LogP contribution in [-0.2, 0) is 4.79 Å². The number of hydrogen-bond donors (Lipinski definition) is 1. The van der Waals surface area contributed by atoms with E-state index >= 15 is 0 Å². The molecule has 2 amide bonds. The quantitative estimate of drug-likeness (QED) is 0.858. The minimum Gasteiger partial charge on any atom is -0.472 e. The van der Waals surface area contributed by atoms with Crippen molar-refractivity contribution in [3.8, 4) is 0 Å². The van der Waals surface area contributed by atoms with Crippen molar-refractivity contribution in [3.05, 3.63) is 24.2 Å². The Labute approximate surface area is 167 Å². The van der Waals surface area contributed by atoms with Crippen LogP contribution in [0.4, 0.5) is 0 Å². The largest absolute Gasteiger partial charge is 0.472 e. The second-order valence-electron chi connectivity index (χ2n) is 10.1. The van der Waals surface area contributed by atoms with E-state index in [1.807, 2.05) is 4.90 Å². The molecule has 5 fully saturated rings. The highest BCUT2D eigenvalue weighted by atomic mass is 16.3. The van der Waals surface area contributed by atoms with Gasteiger partial charge in [-0.05, 0) is 87.5 Å². The van der Waals surface area contributed by atoms with Crippen LogP contribution in [0.5, 0.6) is 0 Å². The lowest BCUT2D eigenvalue weighted by Gasteiger charge is -2.59. The molecule has 5 aliphatic rings. The molecular weight excluding hydrogens is 352 g/mol. The first kappa shape index (κ1) is 18.3. The van der Waals surface area contributed by atoms with Gasteiger partial charge in [0.15, 0.2) is 0 Å². The summed E-state index contributed by atoms with van der Waals surface area (Å²) < 4.78 is 5.02. The third-order valence-corrected chi connectivity index (χ3v) is 8.28. The van der Waals surface area contributed by atoms with Gasteiger partial charge in [0.2, 0.25) is 5.91 Å². The number of hydrogen-bond acceptors (Lipinski definition) is 3. The van der Waals surface area contributed by atoms with E-state index in [2.05, 4.69) is 12.2 Å². The van der Waals surface area contributed by atoms with Crippen LogP contribution in [0, 0.1) is 29.1 Å². The molecule has 4 aliphatic carbocycles. The summed E-state index contributed by atoms with van der Waals surface area (Å²) in [6.07, 6.45) is 12.8. The van der Waals surface area contributed by atoms with E-state index in [1.165, 1.54) is 51.1 Å². The van der Waals surface area contributed by atoms with Crippen molar-refractivity contribution in [3.63, 3.8) is 0 Å². The molecule has 4 bridgehead atoms. The van der Waals surface area contributed by atoms with Crippen molar-refractivity contribution in [1.29, 1.82) is 0 Å². The van der Waals surface area contributed by atoms with Crippen molar-refractivity contribution in [1.82, 2.24) is 10.2 Å². The maximum absolute atomic E-state index is 13.0. The molecule has 0 spiro atoms. The fourth-order valence-corrected chi connectivity index (χ4v) is 7.11. The summed E-state index contributed by atoms with van der Waals surface area (Å²) >= 11 is 0. The molecular formula is C23H32N2O3. The Balaban J connectivity index is 1.16. The van der Waals surface area contributed by atoms with Gasteiger partial charge in [0.05, 0.1) is 11.8 Å². The van der Waals surface area contributed by atoms with Gasteiger partial charge in [0.1, 0.15) is 6.26 Å². The predicted octanol–water partition coefficient (Wildman–Crippen LogP) is 3.85. The predicted molar refractivity (Wildman–Crippen MR) is 106 cm³/mol. The molecule has 6 rings (SSSR count). The Bertz CT molecular complexity index is 698. The van der Waals surface area contributed by atoms with E-state index in [1.54, 1.807) is 6.07 Å². The average molecular weight is 385 g/mol. The van der Waals surface area contributed by atoms with Gasteiger partial charge in [0, 0.05) is 25.0 Å². The average Bonchev–Trinajstić information content (AvgIpc) is 3.21. The molecule has 4 saturated carbocycles. The molecule has 1 aliphatic heterocycles. The number of piperidine rings is 1. The van der Waals surface area contributed by atoms with E-state index in [-0.39, 0.29) is 23.8 Å². The Morgan fingerprint density at radius 1 is 1.11 bits per heavy atom. The molecule has 28 heavy (non-hydrogen) atoms. The lowest BCUT2D eigenvalue weighted by Crippen LogP contribution is -2.56. The zero-order valence-electron chi connectivity index (χ0n) is 16.9. The van der Waals surface area contributed by atoms with Crippen LogP contribution in [0.2, 0.25) is 0 Å². The standard InChI is InChI=1S/C23H32N2O3/c1-15(23-11-16-8-17(12-23)10-18(9-16)13-23)24-21(26)19-2-5-25(6-3-19)22(27)20-4-7-28-14-20/h4,7,14-19H,2-3,5-6,8-13H2,1H3,(H,24,26). The minimum atomic E-state index is 0.00884. The monoisotopic (exact) mass is 384 g/mol. The van der Waals surface area contributed by atoms with Gasteiger partial charge in [-0.15, -0.1) is 0 Å². The molecule has 5 nitrogen and oxygen atoms in total. The lowest BCUT2D eigenvalue weighted by atomic mass is 9.48. The van der Waals surface area contributed by atoms with Gasteiger partial charge in [-0.25, -0.2) is 0 Å². The number of likely N-dealkylation sites (tertiary alicyclic amines) is 1. The van der Waals surface area contributed by atoms with E-state index in [9.17, 15) is 9.59 Å². The van der Waals surface area contributed by atoms with E-state index in [0.717, 1.165) is 30.6 Å². The Hall–Kier alpha value is -1.78. The van der Waals surface area contributed by atoms with E-state index < -0.39 is 0 Å². The Morgan fingerprint density at radius 3 is 2.25 bits per heavy atom. The van der Waals surface area contributed by atoms with Crippen LogP contribution in [0.25, 0.3) is 0 Å². The summed E-state index contributed by atoms with van der Waals surface area (Å²) in [4.78, 5) is 27.3. The smallest absolute Gasteiger partial charge is 0.257 e. The van der Waals surface area contributed by atoms with Gasteiger partial charge in [-0.3, -0.25) is 9.59 Å². The first-order valence-corrected chi connectivity index (χ1v) is 11.1. The highest BCUT2D eigenvalue weighted by molar-refractivity contribution is 5.94. The van der Waals surface area contributed by atoms with Gasteiger partial charge in [-0.2, -0.15) is 0 Å². The number of carbonyl (C=O) groups excluding carboxylic acids is 2. The van der Waals surface area contributed by atoms with Crippen LogP contribution in [0.15, 0.2) is 23.0 Å². The molecule has 1 atom stereocenters. The highest BCUT2D eigenvalue weighted by Crippen LogP contribution is 2.61. The maximum Gasteiger partial charge on any atom is 0.257 e. The summed E-state index contributed by atoms with van der Waals surface area (Å²) in [5.74, 6) is 2.96. The van der Waals surface area contributed by atoms with Crippen molar-refractivity contribution in [2.45, 2.75) is 64.3 Å². The Morgan fingerprint density at radius 2 is 1.71 bits per heavy atom. The molecule has 1 unspecified atom stereocenters. The van der Waals surface area contributed by atoms with Gasteiger partial charge in [0.25, 0.3) is 5.91 Å². The maximum atomic E-state index is 13.0. The molecule has 1 saturated heterocycles. The molecule has 152 valence electrons. The van der Waals surface area contributed by atoms with Crippen molar-refractivity contribution in [2.75, 3.05) is 13.1 Å². The normalized spacial score (nSPS) is 35.8. The topological polar surface area (TPSA) is 62.6 Å². The fourth-order valence-electron chi connectivity index (χ4n) is 7.11. The van der Waals surface area contributed by atoms with Crippen LogP contribution < -0.4 is 5.32 Å². The molecule has 1 aromatic rings. The summed E-state index contributed by atoms with van der Waals surface area (Å²) in [5.41, 5.74) is 0.945. The summed E-state index contributed by atoms with van der Waals surface area (Å²) in [6, 6.07) is 1.98. The third-order valence-electron chi connectivity index (χ3n) is 8.28. The summed E-state index contributed by atoms with van der Waals surface area (Å²) in [6.45, 7) is 3.55. The molecule has 0 aromatic carbocycles. The van der Waals surface area contributed by atoms with Crippen LogP contribution in [0.3, 0.4) is 0 Å². The zero-order chi connectivity index (χ0) is 19.3. The van der Waals surface area contributed by atoms with Gasteiger partial charge >= 0.3 is 0 Å². The van der Waals surface area contributed by atoms with Crippen molar-refractivity contribution in [2.24, 2.45) is 29.1 Å². The molecule has 0 radical (unpaired) electrons. The fraction of sp³-hybridized carbons (Fsp3) is 0.739. The molecule has 2 heterocycles. The second-order valence-corrected chi connectivity index (χ2v) is 10.1. The zero-order valence-corrected chi connectivity index (χ0v) is 16.9. The molecule has 1 N–H and O–H groups in total. The number of carbonyl (C=O) groups is 2. The summed E-state index contributed by atoms with van der Waals surface area (Å²) in [7, 11) is 0. The van der Waals surface area contributed by atoms with E-state index in [0.29, 0.717) is 24.1 Å². The van der Waals surface area contributed by atoms with Crippen molar-refractivity contribution < 1.29 is 14.0 Å². The van der Waals surface area contributed by atoms with Gasteiger partial charge in [-0.1, -0.05) is 0 Å². The number of nitrogens with one attached hydrogen (secondary N) is 1. The molecule has 1 aromatic heterocycles. The van der Waals surface area contributed by atoms with Gasteiger partial charge < -0.3 is 14.6 Å². The minimum absolute atomic E-state index is 0.00884. The Kier molecular flexibility index (Phi) is 4.52. The lowest BCUT2D eigenvalue weighted by molar-refractivity contribution is -0.131. The van der Waals surface area contributed by atoms with Crippen molar-refractivity contribution >= 4 is 11.8 Å². The highest BCUT2D eigenvalue weighted by Gasteiger charge is 2.53. The number of rotatable bonds is 4. The SMILES string of the molecule is CC(NC(=O)C1CCN(C(=O)c2ccoc2)CC1)C12CC3CC(CC(C3)C1)C2. The van der Waals surface area contributed by atoms with Crippen LogP contribution in [0.1, 0.15) is 68.6 Å². The number of amides is 2. The van der Waals surface area contributed by atoms with Crippen LogP contribution in [-0.4, -0.2) is 35.8 Å². The molecule has 5 heteroatoms. The van der Waals surface area contributed by atoms with Crippen LogP contribution >= 0.6 is 0 Å². The number of furan rings is 1.